The normalized spacial score (nSPS) is 27.9. The molecule has 1 N–H and O–H groups in total. The molecular formula is C35H42N2O6. The van der Waals surface area contributed by atoms with Crippen molar-refractivity contribution in [3.05, 3.63) is 97.1 Å². The van der Waals surface area contributed by atoms with Crippen LogP contribution in [0.2, 0.25) is 0 Å². The number of fused-ring (bicyclic) bond motifs is 1. The number of hydrogen-bond donors (Lipinski definition) is 1. The lowest BCUT2D eigenvalue weighted by Crippen LogP contribution is -2.59. The Morgan fingerprint density at radius 2 is 1.77 bits per heavy atom. The van der Waals surface area contributed by atoms with Crippen molar-refractivity contribution in [3.8, 4) is 0 Å². The summed E-state index contributed by atoms with van der Waals surface area (Å²) in [6, 6.07) is 17.5. The maximum Gasteiger partial charge on any atom is 0.312 e. The second-order valence-electron chi connectivity index (χ2n) is 12.1. The van der Waals surface area contributed by atoms with E-state index in [0.717, 1.165) is 11.1 Å². The molecule has 8 heteroatoms. The number of carbonyl (C=O) groups excluding carboxylic acids is 3. The number of allylic oxidation sites excluding steroid dienone is 1. The number of unbranched alkanes of at least 4 members (excludes halogenated alkanes) is 1. The lowest BCUT2D eigenvalue weighted by atomic mass is 9.66. The number of esters is 1. The van der Waals surface area contributed by atoms with Gasteiger partial charge in [0.05, 0.1) is 30.8 Å². The number of aliphatic hydroxyl groups is 1. The smallest absolute Gasteiger partial charge is 0.312 e. The van der Waals surface area contributed by atoms with E-state index in [9.17, 15) is 19.5 Å². The maximum absolute atomic E-state index is 14.7. The minimum absolute atomic E-state index is 0.217. The number of ether oxygens (including phenoxy) is 2. The summed E-state index contributed by atoms with van der Waals surface area (Å²) in [6.45, 7) is 9.91. The summed E-state index contributed by atoms with van der Waals surface area (Å²) in [4.78, 5) is 46.1. The summed E-state index contributed by atoms with van der Waals surface area (Å²) in [6.07, 6.45) is 6.10. The highest BCUT2D eigenvalue weighted by atomic mass is 16.6. The molecule has 43 heavy (non-hydrogen) atoms. The third-order valence-electron chi connectivity index (χ3n) is 9.29. The van der Waals surface area contributed by atoms with Crippen molar-refractivity contribution in [3.63, 3.8) is 0 Å². The molecule has 2 aromatic carbocycles. The van der Waals surface area contributed by atoms with Crippen LogP contribution in [0.25, 0.3) is 0 Å². The summed E-state index contributed by atoms with van der Waals surface area (Å²) in [5.41, 5.74) is -0.279. The molecule has 2 bridgehead atoms. The zero-order valence-electron chi connectivity index (χ0n) is 24.9. The number of benzene rings is 2. The van der Waals surface area contributed by atoms with Crippen molar-refractivity contribution in [2.45, 2.75) is 68.9 Å². The van der Waals surface area contributed by atoms with Gasteiger partial charge in [0.15, 0.2) is 0 Å². The van der Waals surface area contributed by atoms with Gasteiger partial charge in [-0.05, 0) is 50.2 Å². The molecule has 3 heterocycles. The van der Waals surface area contributed by atoms with Gasteiger partial charge in [0.2, 0.25) is 11.8 Å². The zero-order valence-corrected chi connectivity index (χ0v) is 24.9. The lowest BCUT2D eigenvalue weighted by Gasteiger charge is -2.39. The summed E-state index contributed by atoms with van der Waals surface area (Å²) >= 11 is 0. The Labute approximate surface area is 254 Å². The first-order valence-corrected chi connectivity index (χ1v) is 15.2. The van der Waals surface area contributed by atoms with Crippen LogP contribution in [0.3, 0.4) is 0 Å². The van der Waals surface area contributed by atoms with Gasteiger partial charge >= 0.3 is 5.97 Å². The molecule has 3 aliphatic rings. The standard InChI is InChI=1S/C35H42N2O6/c1-4-6-13-21-42-33(41)29-28-31(39)37(27(24-38)22-25-14-9-7-10-15-25)30(35(28)19-18-34(29,3)43-35)32(40)36(20-5-2)23-26-16-11-8-12-17-26/h4-5,7-12,14-17,27-30,38H,1-2,6,13,18-24H2,3H3/t27-,28+,29-,30?,34+,35?/m1/s1. The van der Waals surface area contributed by atoms with Crippen molar-refractivity contribution in [2.24, 2.45) is 11.8 Å². The number of rotatable bonds is 14. The predicted octanol–water partition coefficient (Wildman–Crippen LogP) is 4.08. The molecular weight excluding hydrogens is 544 g/mol. The minimum Gasteiger partial charge on any atom is -0.465 e. The van der Waals surface area contributed by atoms with Crippen LogP contribution in [0.1, 0.15) is 43.7 Å². The Bertz CT molecular complexity index is 1330. The second-order valence-corrected chi connectivity index (χ2v) is 12.1. The van der Waals surface area contributed by atoms with E-state index < -0.39 is 41.1 Å². The molecule has 8 nitrogen and oxygen atoms in total. The van der Waals surface area contributed by atoms with E-state index in [2.05, 4.69) is 13.2 Å². The molecule has 6 atom stereocenters. The molecule has 5 rings (SSSR count). The Balaban J connectivity index is 1.55. The number of carbonyl (C=O) groups is 3. The van der Waals surface area contributed by atoms with Crippen molar-refractivity contribution < 1.29 is 29.0 Å². The largest absolute Gasteiger partial charge is 0.465 e. The van der Waals surface area contributed by atoms with Gasteiger partial charge in [0.1, 0.15) is 17.6 Å². The molecule has 2 unspecified atom stereocenters. The Morgan fingerprint density at radius 1 is 1.09 bits per heavy atom. The fourth-order valence-electron chi connectivity index (χ4n) is 7.39. The lowest BCUT2D eigenvalue weighted by molar-refractivity contribution is -0.162. The molecule has 0 aromatic heterocycles. The summed E-state index contributed by atoms with van der Waals surface area (Å²) in [5.74, 6) is -2.84. The SMILES string of the molecule is C=CCCCOC(=O)[C@H]1[C@H]2C(=O)N([C@@H](CO)Cc3ccccc3)C(C(=O)N(CC=C)Cc3ccccc3)C23CC[C@]1(C)O3. The van der Waals surface area contributed by atoms with Crippen molar-refractivity contribution >= 4 is 17.8 Å². The van der Waals surface area contributed by atoms with Gasteiger partial charge in [-0.1, -0.05) is 72.8 Å². The van der Waals surface area contributed by atoms with Crippen LogP contribution in [0, 0.1) is 11.8 Å². The molecule has 3 saturated heterocycles. The number of amides is 2. The number of hydrogen-bond acceptors (Lipinski definition) is 6. The van der Waals surface area contributed by atoms with E-state index in [1.807, 2.05) is 67.6 Å². The van der Waals surface area contributed by atoms with Gasteiger partial charge in [-0.25, -0.2) is 0 Å². The van der Waals surface area contributed by atoms with Crippen molar-refractivity contribution in [1.29, 1.82) is 0 Å². The van der Waals surface area contributed by atoms with E-state index in [-0.39, 0.29) is 31.6 Å². The molecule has 3 aliphatic heterocycles. The fourth-order valence-corrected chi connectivity index (χ4v) is 7.39. The van der Waals surface area contributed by atoms with Crippen LogP contribution in [0.4, 0.5) is 0 Å². The van der Waals surface area contributed by atoms with E-state index in [1.165, 1.54) is 4.90 Å². The second kappa shape index (κ2) is 12.9. The quantitative estimate of drug-likeness (QED) is 0.204. The van der Waals surface area contributed by atoms with Crippen LogP contribution in [0.5, 0.6) is 0 Å². The van der Waals surface area contributed by atoms with E-state index >= 15 is 0 Å². The minimum atomic E-state index is -1.21. The first kappa shape index (κ1) is 30.7. The van der Waals surface area contributed by atoms with Gasteiger partial charge in [0, 0.05) is 13.1 Å². The van der Waals surface area contributed by atoms with Crippen molar-refractivity contribution in [1.82, 2.24) is 9.80 Å². The monoisotopic (exact) mass is 586 g/mol. The molecule has 2 aromatic rings. The molecule has 2 amide bonds. The van der Waals surface area contributed by atoms with E-state index in [1.54, 1.807) is 17.1 Å². The molecule has 1 spiro atoms. The van der Waals surface area contributed by atoms with Crippen LogP contribution in [0.15, 0.2) is 86.0 Å². The van der Waals surface area contributed by atoms with E-state index in [0.29, 0.717) is 38.6 Å². The van der Waals surface area contributed by atoms with Gasteiger partial charge < -0.3 is 24.4 Å². The molecule has 0 radical (unpaired) electrons. The van der Waals surface area contributed by atoms with Crippen LogP contribution in [-0.4, -0.2) is 75.7 Å². The fraction of sp³-hybridized carbons (Fsp3) is 0.457. The molecule has 3 fully saturated rings. The van der Waals surface area contributed by atoms with Gasteiger partial charge in [0.25, 0.3) is 0 Å². The van der Waals surface area contributed by atoms with Gasteiger partial charge in [-0.3, -0.25) is 14.4 Å². The number of aliphatic hydroxyl groups excluding tert-OH is 1. The average molecular weight is 587 g/mol. The number of likely N-dealkylation sites (tertiary alicyclic amines) is 1. The first-order chi connectivity index (χ1) is 20.8. The van der Waals surface area contributed by atoms with Gasteiger partial charge in [-0.2, -0.15) is 0 Å². The summed E-state index contributed by atoms with van der Waals surface area (Å²) < 4.78 is 12.4. The van der Waals surface area contributed by atoms with E-state index in [4.69, 9.17) is 9.47 Å². The predicted molar refractivity (Wildman–Crippen MR) is 163 cm³/mol. The van der Waals surface area contributed by atoms with Crippen LogP contribution < -0.4 is 0 Å². The first-order valence-electron chi connectivity index (χ1n) is 15.2. The maximum atomic E-state index is 14.7. The Kier molecular flexibility index (Phi) is 9.18. The Morgan fingerprint density at radius 3 is 2.40 bits per heavy atom. The van der Waals surface area contributed by atoms with Crippen LogP contribution in [-0.2, 0) is 36.8 Å². The highest BCUT2D eigenvalue weighted by molar-refractivity contribution is 5.98. The summed E-state index contributed by atoms with van der Waals surface area (Å²) in [5, 5.41) is 10.7. The van der Waals surface area contributed by atoms with Crippen LogP contribution >= 0.6 is 0 Å². The third-order valence-corrected chi connectivity index (χ3v) is 9.29. The molecule has 228 valence electrons. The molecule has 0 aliphatic carbocycles. The third kappa shape index (κ3) is 5.66. The number of nitrogens with zero attached hydrogens (tertiary/aromatic N) is 2. The zero-order chi connectivity index (χ0) is 30.6. The topological polar surface area (TPSA) is 96.4 Å². The summed E-state index contributed by atoms with van der Waals surface area (Å²) in [7, 11) is 0. The Hall–Kier alpha value is -3.75. The molecule has 0 saturated carbocycles. The van der Waals surface area contributed by atoms with Gasteiger partial charge in [-0.15, -0.1) is 13.2 Å². The highest BCUT2D eigenvalue weighted by Crippen LogP contribution is 2.63. The van der Waals surface area contributed by atoms with Crippen molar-refractivity contribution in [2.75, 3.05) is 19.8 Å². The highest BCUT2D eigenvalue weighted by Gasteiger charge is 2.79. The average Bonchev–Trinajstić information content (AvgIpc) is 3.59.